The molecule has 2 aliphatic rings. The molecule has 0 spiro atoms. The van der Waals surface area contributed by atoms with E-state index < -0.39 is 6.04 Å². The van der Waals surface area contributed by atoms with E-state index in [1.54, 1.807) is 16.7 Å². The van der Waals surface area contributed by atoms with Gasteiger partial charge in [0.25, 0.3) is 5.91 Å². The third kappa shape index (κ3) is 3.95. The third-order valence-corrected chi connectivity index (χ3v) is 5.27. The molecule has 0 bridgehead atoms. The first-order valence-corrected chi connectivity index (χ1v) is 9.74. The molecule has 8 heteroatoms. The Morgan fingerprint density at radius 1 is 1.07 bits per heavy atom. The molecule has 1 saturated carbocycles. The van der Waals surface area contributed by atoms with Crippen molar-refractivity contribution in [2.24, 2.45) is 0 Å². The van der Waals surface area contributed by atoms with Crippen LogP contribution in [0.2, 0.25) is 0 Å². The highest BCUT2D eigenvalue weighted by atomic mass is 16.2. The van der Waals surface area contributed by atoms with Crippen LogP contribution in [-0.2, 0) is 4.79 Å². The van der Waals surface area contributed by atoms with Crippen LogP contribution in [0.5, 0.6) is 0 Å². The Balaban J connectivity index is 1.29. The minimum Gasteiger partial charge on any atom is -0.352 e. The maximum atomic E-state index is 12.7. The lowest BCUT2D eigenvalue weighted by Crippen LogP contribution is -2.56. The summed E-state index contributed by atoms with van der Waals surface area (Å²) in [6.07, 6.45) is 2.03. The molecule has 0 radical (unpaired) electrons. The zero-order valence-electron chi connectivity index (χ0n) is 15.9. The van der Waals surface area contributed by atoms with Crippen LogP contribution in [0.4, 0.5) is 4.79 Å². The molecule has 1 aliphatic heterocycles. The fraction of sp³-hybridized carbons (Fsp3) is 0.450. The van der Waals surface area contributed by atoms with Crippen molar-refractivity contribution in [3.63, 3.8) is 0 Å². The van der Waals surface area contributed by atoms with E-state index in [9.17, 15) is 14.4 Å². The number of amides is 4. The van der Waals surface area contributed by atoms with Gasteiger partial charge in [0.1, 0.15) is 11.7 Å². The number of fused-ring (bicyclic) bond motifs is 1. The van der Waals surface area contributed by atoms with Gasteiger partial charge >= 0.3 is 6.03 Å². The second kappa shape index (κ2) is 7.53. The summed E-state index contributed by atoms with van der Waals surface area (Å²) in [6, 6.07) is 9.06. The quantitative estimate of drug-likeness (QED) is 0.742. The highest BCUT2D eigenvalue weighted by molar-refractivity contribution is 5.98. The number of nitrogens with zero attached hydrogens (tertiary/aromatic N) is 2. The lowest BCUT2D eigenvalue weighted by molar-refractivity contribution is -0.122. The number of aromatic nitrogens is 1. The number of H-pyrrole nitrogens is 1. The first kappa shape index (κ1) is 18.3. The number of hydrogen-bond acceptors (Lipinski definition) is 3. The molecular formula is C20H25N5O3. The van der Waals surface area contributed by atoms with Gasteiger partial charge in [-0.15, -0.1) is 0 Å². The predicted molar refractivity (Wildman–Crippen MR) is 105 cm³/mol. The van der Waals surface area contributed by atoms with Gasteiger partial charge in [0.05, 0.1) is 0 Å². The van der Waals surface area contributed by atoms with Crippen LogP contribution in [0.1, 0.15) is 30.3 Å². The molecular weight excluding hydrogens is 358 g/mol. The third-order valence-electron chi connectivity index (χ3n) is 5.27. The van der Waals surface area contributed by atoms with Crippen LogP contribution in [0.3, 0.4) is 0 Å². The Morgan fingerprint density at radius 2 is 1.75 bits per heavy atom. The first-order chi connectivity index (χ1) is 13.5. The van der Waals surface area contributed by atoms with Crippen molar-refractivity contribution in [3.05, 3.63) is 36.0 Å². The van der Waals surface area contributed by atoms with Gasteiger partial charge in [0.15, 0.2) is 0 Å². The van der Waals surface area contributed by atoms with Crippen LogP contribution in [-0.4, -0.2) is 70.9 Å². The molecule has 4 amide bonds. The van der Waals surface area contributed by atoms with E-state index >= 15 is 0 Å². The van der Waals surface area contributed by atoms with E-state index in [1.165, 1.54) is 0 Å². The zero-order valence-corrected chi connectivity index (χ0v) is 15.9. The average Bonchev–Trinajstić information content (AvgIpc) is 3.41. The van der Waals surface area contributed by atoms with Crippen molar-refractivity contribution in [3.8, 4) is 0 Å². The topological polar surface area (TPSA) is 97.5 Å². The SMILES string of the molecule is C[C@@H](NC(=O)N1CCN(C(=O)c2cc3ccccc3[nH]2)CC1)C(=O)NC1CC1. The molecule has 1 atom stereocenters. The van der Waals surface area contributed by atoms with Crippen LogP contribution < -0.4 is 10.6 Å². The number of para-hydroxylation sites is 1. The summed E-state index contributed by atoms with van der Waals surface area (Å²) >= 11 is 0. The number of hydrogen-bond donors (Lipinski definition) is 3. The molecule has 1 aromatic carbocycles. The van der Waals surface area contributed by atoms with Crippen molar-refractivity contribution in [2.75, 3.05) is 26.2 Å². The average molecular weight is 383 g/mol. The van der Waals surface area contributed by atoms with E-state index in [1.807, 2.05) is 30.3 Å². The lowest BCUT2D eigenvalue weighted by atomic mass is 10.2. The molecule has 2 heterocycles. The van der Waals surface area contributed by atoms with E-state index in [2.05, 4.69) is 15.6 Å². The van der Waals surface area contributed by atoms with Gasteiger partial charge in [-0.3, -0.25) is 9.59 Å². The zero-order chi connectivity index (χ0) is 19.7. The van der Waals surface area contributed by atoms with Crippen LogP contribution in [0, 0.1) is 0 Å². The summed E-state index contributed by atoms with van der Waals surface area (Å²) in [4.78, 5) is 43.7. The molecule has 28 heavy (non-hydrogen) atoms. The monoisotopic (exact) mass is 383 g/mol. The Labute approximate surface area is 163 Å². The number of carbonyl (C=O) groups is 3. The highest BCUT2D eigenvalue weighted by Crippen LogP contribution is 2.19. The van der Waals surface area contributed by atoms with Crippen molar-refractivity contribution in [2.45, 2.75) is 31.8 Å². The molecule has 0 unspecified atom stereocenters. The largest absolute Gasteiger partial charge is 0.352 e. The number of carbonyl (C=O) groups excluding carboxylic acids is 3. The van der Waals surface area contributed by atoms with Crippen LogP contribution in [0.15, 0.2) is 30.3 Å². The molecule has 3 N–H and O–H groups in total. The predicted octanol–water partition coefficient (Wildman–Crippen LogP) is 1.30. The first-order valence-electron chi connectivity index (χ1n) is 9.74. The normalized spacial score (nSPS) is 18.0. The number of urea groups is 1. The maximum Gasteiger partial charge on any atom is 0.318 e. The Kier molecular flexibility index (Phi) is 4.93. The number of nitrogens with one attached hydrogen (secondary N) is 3. The van der Waals surface area contributed by atoms with Gasteiger partial charge in [-0.2, -0.15) is 0 Å². The van der Waals surface area contributed by atoms with E-state index in [0.717, 1.165) is 23.7 Å². The van der Waals surface area contributed by atoms with Gasteiger partial charge in [0, 0.05) is 43.1 Å². The molecule has 4 rings (SSSR count). The Morgan fingerprint density at radius 3 is 2.43 bits per heavy atom. The number of rotatable bonds is 4. The minimum absolute atomic E-state index is 0.0616. The summed E-state index contributed by atoms with van der Waals surface area (Å²) in [5, 5.41) is 6.63. The second-order valence-corrected chi connectivity index (χ2v) is 7.50. The standard InChI is InChI=1S/C20H25N5O3/c1-13(18(26)22-15-6-7-15)21-20(28)25-10-8-24(9-11-25)19(27)17-12-14-4-2-3-5-16(14)23-17/h2-5,12-13,15,23H,6-11H2,1H3,(H,21,28)(H,22,26)/t13-/m1/s1. The van der Waals surface area contributed by atoms with E-state index in [-0.39, 0.29) is 23.9 Å². The summed E-state index contributed by atoms with van der Waals surface area (Å²) in [6.45, 7) is 3.49. The molecule has 1 aromatic heterocycles. The fourth-order valence-corrected chi connectivity index (χ4v) is 3.37. The van der Waals surface area contributed by atoms with Gasteiger partial charge in [-0.05, 0) is 31.9 Å². The number of piperazine rings is 1. The summed E-state index contributed by atoms with van der Waals surface area (Å²) in [5.74, 6) is -0.211. The summed E-state index contributed by atoms with van der Waals surface area (Å²) < 4.78 is 0. The highest BCUT2D eigenvalue weighted by Gasteiger charge is 2.29. The Hall–Kier alpha value is -3.03. The van der Waals surface area contributed by atoms with Crippen molar-refractivity contribution >= 4 is 28.7 Å². The van der Waals surface area contributed by atoms with Crippen molar-refractivity contribution in [1.29, 1.82) is 0 Å². The fourth-order valence-electron chi connectivity index (χ4n) is 3.37. The number of benzene rings is 1. The number of aromatic amines is 1. The molecule has 2 aromatic rings. The molecule has 2 fully saturated rings. The van der Waals surface area contributed by atoms with Gasteiger partial charge in [-0.25, -0.2) is 4.79 Å². The molecule has 148 valence electrons. The second-order valence-electron chi connectivity index (χ2n) is 7.50. The van der Waals surface area contributed by atoms with E-state index in [0.29, 0.717) is 31.9 Å². The molecule has 8 nitrogen and oxygen atoms in total. The minimum atomic E-state index is -0.570. The van der Waals surface area contributed by atoms with Crippen LogP contribution in [0.25, 0.3) is 10.9 Å². The smallest absolute Gasteiger partial charge is 0.318 e. The van der Waals surface area contributed by atoms with E-state index in [4.69, 9.17) is 0 Å². The van der Waals surface area contributed by atoms with Crippen molar-refractivity contribution in [1.82, 2.24) is 25.4 Å². The molecule has 1 aliphatic carbocycles. The summed E-state index contributed by atoms with van der Waals surface area (Å²) in [7, 11) is 0. The summed E-state index contributed by atoms with van der Waals surface area (Å²) in [5.41, 5.74) is 1.49. The maximum absolute atomic E-state index is 12.7. The van der Waals surface area contributed by atoms with Crippen LogP contribution >= 0.6 is 0 Å². The Bertz CT molecular complexity index is 863. The molecule has 1 saturated heterocycles. The van der Waals surface area contributed by atoms with Crippen molar-refractivity contribution < 1.29 is 14.4 Å². The van der Waals surface area contributed by atoms with Gasteiger partial charge < -0.3 is 25.4 Å². The van der Waals surface area contributed by atoms with Gasteiger partial charge in [-0.1, -0.05) is 18.2 Å². The lowest BCUT2D eigenvalue weighted by Gasteiger charge is -2.35. The van der Waals surface area contributed by atoms with Gasteiger partial charge in [0.2, 0.25) is 5.91 Å².